The Balaban J connectivity index is 1.70. The number of allylic oxidation sites excluding steroid dienone is 1. The van der Waals surface area contributed by atoms with Crippen LogP contribution in [0.3, 0.4) is 0 Å². The maximum absolute atomic E-state index is 5.86. The van der Waals surface area contributed by atoms with Crippen LogP contribution < -0.4 is 5.32 Å². The molecule has 0 bridgehead atoms. The summed E-state index contributed by atoms with van der Waals surface area (Å²) < 4.78 is 0.844. The Hall–Kier alpha value is -0.540. The Morgan fingerprint density at radius 3 is 3.12 bits per heavy atom. The van der Waals surface area contributed by atoms with Gasteiger partial charge < -0.3 is 5.32 Å². The second-order valence-electron chi connectivity index (χ2n) is 4.48. The van der Waals surface area contributed by atoms with E-state index < -0.39 is 0 Å². The van der Waals surface area contributed by atoms with E-state index in [0.29, 0.717) is 11.2 Å². The summed E-state index contributed by atoms with van der Waals surface area (Å²) in [6.07, 6.45) is 8.94. The van der Waals surface area contributed by atoms with Gasteiger partial charge >= 0.3 is 0 Å². The highest BCUT2D eigenvalue weighted by atomic mass is 79.9. The molecule has 1 aromatic heterocycles. The summed E-state index contributed by atoms with van der Waals surface area (Å²) in [5, 5.41) is 4.03. The summed E-state index contributed by atoms with van der Waals surface area (Å²) in [7, 11) is 0. The molecular formula is C12H12BrClN2. The number of aromatic nitrogens is 1. The SMILES string of the molecule is Clc1ncc(NC2CC3CC=CC32)cc1Br. The predicted octanol–water partition coefficient (Wildman–Crippen LogP) is 3.87. The lowest BCUT2D eigenvalue weighted by Crippen LogP contribution is -2.43. The van der Waals surface area contributed by atoms with Gasteiger partial charge in [0, 0.05) is 12.0 Å². The van der Waals surface area contributed by atoms with Crippen molar-refractivity contribution in [1.82, 2.24) is 4.98 Å². The quantitative estimate of drug-likeness (QED) is 0.662. The topological polar surface area (TPSA) is 24.9 Å². The molecule has 0 saturated heterocycles. The van der Waals surface area contributed by atoms with Crippen molar-refractivity contribution in [3.05, 3.63) is 34.0 Å². The lowest BCUT2D eigenvalue weighted by molar-refractivity contribution is 0.218. The number of anilines is 1. The second-order valence-corrected chi connectivity index (χ2v) is 5.70. The van der Waals surface area contributed by atoms with Crippen molar-refractivity contribution in [1.29, 1.82) is 0 Å². The van der Waals surface area contributed by atoms with Gasteiger partial charge in [-0.2, -0.15) is 0 Å². The molecule has 1 aromatic rings. The molecule has 3 atom stereocenters. The van der Waals surface area contributed by atoms with Crippen molar-refractivity contribution < 1.29 is 0 Å². The number of rotatable bonds is 2. The van der Waals surface area contributed by atoms with Crippen molar-refractivity contribution >= 4 is 33.2 Å². The molecule has 3 unspecified atom stereocenters. The fourth-order valence-electron chi connectivity index (χ4n) is 2.60. The highest BCUT2D eigenvalue weighted by Crippen LogP contribution is 2.44. The van der Waals surface area contributed by atoms with E-state index in [1.807, 2.05) is 6.07 Å². The van der Waals surface area contributed by atoms with Crippen LogP contribution in [0.5, 0.6) is 0 Å². The first kappa shape index (κ1) is 10.6. The molecule has 2 aliphatic carbocycles. The van der Waals surface area contributed by atoms with Gasteiger partial charge in [-0.1, -0.05) is 23.8 Å². The fraction of sp³-hybridized carbons (Fsp3) is 0.417. The van der Waals surface area contributed by atoms with Crippen LogP contribution in [-0.4, -0.2) is 11.0 Å². The fourth-order valence-corrected chi connectivity index (χ4v) is 3.05. The van der Waals surface area contributed by atoms with E-state index in [2.05, 4.69) is 38.4 Å². The van der Waals surface area contributed by atoms with E-state index in [9.17, 15) is 0 Å². The number of hydrogen-bond donors (Lipinski definition) is 1. The van der Waals surface area contributed by atoms with E-state index in [1.54, 1.807) is 6.20 Å². The normalized spacial score (nSPS) is 31.0. The van der Waals surface area contributed by atoms with Gasteiger partial charge in [-0.3, -0.25) is 0 Å². The predicted molar refractivity (Wildman–Crippen MR) is 69.7 cm³/mol. The number of nitrogens with one attached hydrogen (secondary N) is 1. The van der Waals surface area contributed by atoms with Gasteiger partial charge in [-0.25, -0.2) is 4.98 Å². The largest absolute Gasteiger partial charge is 0.380 e. The molecule has 1 N–H and O–H groups in total. The van der Waals surface area contributed by atoms with Gasteiger partial charge in [0.1, 0.15) is 5.15 Å². The molecule has 2 nitrogen and oxygen atoms in total. The van der Waals surface area contributed by atoms with Crippen LogP contribution in [0.1, 0.15) is 12.8 Å². The maximum atomic E-state index is 5.86. The van der Waals surface area contributed by atoms with E-state index in [0.717, 1.165) is 22.0 Å². The summed E-state index contributed by atoms with van der Waals surface area (Å²) in [4.78, 5) is 4.11. The van der Waals surface area contributed by atoms with Crippen LogP contribution in [0.4, 0.5) is 5.69 Å². The Labute approximate surface area is 108 Å². The van der Waals surface area contributed by atoms with Crippen LogP contribution in [0.2, 0.25) is 5.15 Å². The Morgan fingerprint density at radius 1 is 1.50 bits per heavy atom. The Kier molecular flexibility index (Phi) is 2.68. The molecule has 1 fully saturated rings. The van der Waals surface area contributed by atoms with Crippen molar-refractivity contribution in [3.63, 3.8) is 0 Å². The molecule has 0 spiro atoms. The van der Waals surface area contributed by atoms with Gasteiger partial charge in [0.2, 0.25) is 0 Å². The summed E-state index contributed by atoms with van der Waals surface area (Å²) >= 11 is 9.24. The molecular weight excluding hydrogens is 288 g/mol. The van der Waals surface area contributed by atoms with Crippen molar-refractivity contribution in [2.24, 2.45) is 11.8 Å². The van der Waals surface area contributed by atoms with Crippen molar-refractivity contribution in [2.45, 2.75) is 18.9 Å². The summed E-state index contributed by atoms with van der Waals surface area (Å²) in [6, 6.07) is 2.56. The average molecular weight is 300 g/mol. The number of fused-ring (bicyclic) bond motifs is 1. The molecule has 0 radical (unpaired) electrons. The van der Waals surface area contributed by atoms with E-state index in [4.69, 9.17) is 11.6 Å². The molecule has 4 heteroatoms. The number of pyridine rings is 1. The summed E-state index contributed by atoms with van der Waals surface area (Å²) in [6.45, 7) is 0. The minimum atomic E-state index is 0.512. The third-order valence-electron chi connectivity index (χ3n) is 3.51. The maximum Gasteiger partial charge on any atom is 0.143 e. The van der Waals surface area contributed by atoms with Crippen molar-refractivity contribution in [2.75, 3.05) is 5.32 Å². The lowest BCUT2D eigenvalue weighted by Gasteiger charge is -2.41. The third-order valence-corrected chi connectivity index (χ3v) is 4.65. The first-order valence-electron chi connectivity index (χ1n) is 5.48. The zero-order valence-electron chi connectivity index (χ0n) is 8.66. The van der Waals surface area contributed by atoms with Gasteiger partial charge in [-0.15, -0.1) is 0 Å². The van der Waals surface area contributed by atoms with E-state index in [-0.39, 0.29) is 0 Å². The number of halogens is 2. The smallest absolute Gasteiger partial charge is 0.143 e. The van der Waals surface area contributed by atoms with Crippen LogP contribution in [0.15, 0.2) is 28.9 Å². The van der Waals surface area contributed by atoms with Crippen LogP contribution in [-0.2, 0) is 0 Å². The molecule has 0 aromatic carbocycles. The molecule has 0 aliphatic heterocycles. The number of hydrogen-bond acceptors (Lipinski definition) is 2. The highest BCUT2D eigenvalue weighted by molar-refractivity contribution is 9.10. The molecule has 84 valence electrons. The molecule has 1 saturated carbocycles. The summed E-state index contributed by atoms with van der Waals surface area (Å²) in [5.74, 6) is 1.59. The van der Waals surface area contributed by atoms with Crippen LogP contribution >= 0.6 is 27.5 Å². The first-order valence-corrected chi connectivity index (χ1v) is 6.65. The van der Waals surface area contributed by atoms with Gasteiger partial charge in [-0.05, 0) is 40.8 Å². The Bertz CT molecular complexity index is 447. The zero-order chi connectivity index (χ0) is 11.1. The number of nitrogens with zero attached hydrogens (tertiary/aromatic N) is 1. The van der Waals surface area contributed by atoms with Gasteiger partial charge in [0.25, 0.3) is 0 Å². The zero-order valence-corrected chi connectivity index (χ0v) is 11.0. The second kappa shape index (κ2) is 4.04. The van der Waals surface area contributed by atoms with Crippen LogP contribution in [0, 0.1) is 11.8 Å². The minimum absolute atomic E-state index is 0.512. The molecule has 3 rings (SSSR count). The highest BCUT2D eigenvalue weighted by Gasteiger charge is 2.40. The average Bonchev–Trinajstić information content (AvgIpc) is 2.61. The van der Waals surface area contributed by atoms with Gasteiger partial charge in [0.05, 0.1) is 16.4 Å². The molecule has 1 heterocycles. The Morgan fingerprint density at radius 2 is 2.38 bits per heavy atom. The van der Waals surface area contributed by atoms with Gasteiger partial charge in [0.15, 0.2) is 0 Å². The monoisotopic (exact) mass is 298 g/mol. The standard InChI is InChI=1S/C12H12BrClN2/c13-10-5-8(6-15-12(10)14)16-11-4-7-2-1-3-9(7)11/h1,3,5-7,9,11,16H,2,4H2. The van der Waals surface area contributed by atoms with Crippen LogP contribution in [0.25, 0.3) is 0 Å². The molecule has 0 amide bonds. The minimum Gasteiger partial charge on any atom is -0.380 e. The van der Waals surface area contributed by atoms with Crippen molar-refractivity contribution in [3.8, 4) is 0 Å². The van der Waals surface area contributed by atoms with E-state index >= 15 is 0 Å². The third kappa shape index (κ3) is 1.76. The lowest BCUT2D eigenvalue weighted by atomic mass is 9.71. The summed E-state index contributed by atoms with van der Waals surface area (Å²) in [5.41, 5.74) is 1.04. The molecule has 16 heavy (non-hydrogen) atoms. The first-order chi connectivity index (χ1) is 7.74. The van der Waals surface area contributed by atoms with E-state index in [1.165, 1.54) is 12.8 Å². The molecule has 2 aliphatic rings.